The van der Waals surface area contributed by atoms with Gasteiger partial charge in [-0.1, -0.05) is 0 Å². The summed E-state index contributed by atoms with van der Waals surface area (Å²) in [5, 5.41) is 8.93. The molecule has 0 fully saturated rings. The molecule has 2 heterocycles. The van der Waals surface area contributed by atoms with Crippen molar-refractivity contribution < 1.29 is 5.11 Å². The van der Waals surface area contributed by atoms with E-state index < -0.39 is 0 Å². The third-order valence-electron chi connectivity index (χ3n) is 2.37. The molecule has 84 valence electrons. The van der Waals surface area contributed by atoms with E-state index in [0.717, 1.165) is 21.2 Å². The Bertz CT molecular complexity index is 504. The summed E-state index contributed by atoms with van der Waals surface area (Å²) in [7, 11) is 1.93. The highest BCUT2D eigenvalue weighted by Crippen LogP contribution is 2.24. The maximum absolute atomic E-state index is 8.93. The SMILES string of the molecule is CN(CCO)c1ccnc2cc(Br)cnc12. The van der Waals surface area contributed by atoms with Crippen molar-refractivity contribution in [1.29, 1.82) is 0 Å². The van der Waals surface area contributed by atoms with Gasteiger partial charge in [0.1, 0.15) is 5.52 Å². The molecule has 0 amide bonds. The third-order valence-corrected chi connectivity index (χ3v) is 2.80. The average Bonchev–Trinajstić information content (AvgIpc) is 2.28. The fraction of sp³-hybridized carbons (Fsp3) is 0.273. The topological polar surface area (TPSA) is 49.2 Å². The molecule has 0 atom stereocenters. The van der Waals surface area contributed by atoms with Crippen molar-refractivity contribution in [3.63, 3.8) is 0 Å². The molecule has 2 aromatic rings. The first-order valence-corrected chi connectivity index (χ1v) is 5.74. The monoisotopic (exact) mass is 281 g/mol. The molecule has 4 nitrogen and oxygen atoms in total. The highest BCUT2D eigenvalue weighted by atomic mass is 79.9. The zero-order chi connectivity index (χ0) is 11.5. The number of hydrogen-bond acceptors (Lipinski definition) is 4. The lowest BCUT2D eigenvalue weighted by atomic mass is 10.2. The first-order chi connectivity index (χ1) is 7.72. The number of pyridine rings is 2. The molecule has 2 rings (SSSR count). The highest BCUT2D eigenvalue weighted by molar-refractivity contribution is 9.10. The van der Waals surface area contributed by atoms with Gasteiger partial charge in [-0.3, -0.25) is 9.97 Å². The van der Waals surface area contributed by atoms with Crippen LogP contribution in [0.25, 0.3) is 11.0 Å². The van der Waals surface area contributed by atoms with Crippen molar-refractivity contribution in [2.24, 2.45) is 0 Å². The standard InChI is InChI=1S/C11H12BrN3O/c1-15(4-5-16)10-2-3-13-9-6-8(12)7-14-11(9)10/h2-3,6-7,16H,4-5H2,1H3. The molecule has 0 saturated carbocycles. The second-order valence-corrected chi connectivity index (χ2v) is 4.41. The fourth-order valence-corrected chi connectivity index (χ4v) is 1.89. The number of aliphatic hydroxyl groups excluding tert-OH is 1. The summed E-state index contributed by atoms with van der Waals surface area (Å²) in [6.45, 7) is 0.702. The molecular formula is C11H12BrN3O. The minimum Gasteiger partial charge on any atom is -0.395 e. The van der Waals surface area contributed by atoms with E-state index in [0.29, 0.717) is 6.54 Å². The zero-order valence-electron chi connectivity index (χ0n) is 8.89. The predicted octanol–water partition coefficient (Wildman–Crippen LogP) is 1.82. The van der Waals surface area contributed by atoms with Gasteiger partial charge in [0, 0.05) is 30.5 Å². The molecule has 0 aliphatic heterocycles. The van der Waals surface area contributed by atoms with Crippen LogP contribution in [0.1, 0.15) is 0 Å². The van der Waals surface area contributed by atoms with E-state index in [-0.39, 0.29) is 6.61 Å². The van der Waals surface area contributed by atoms with Crippen LogP contribution in [0, 0.1) is 0 Å². The summed E-state index contributed by atoms with van der Waals surface area (Å²) in [4.78, 5) is 10.6. The van der Waals surface area contributed by atoms with Crippen LogP contribution in [0.2, 0.25) is 0 Å². The summed E-state index contributed by atoms with van der Waals surface area (Å²) in [5.41, 5.74) is 2.67. The molecule has 0 unspecified atom stereocenters. The zero-order valence-corrected chi connectivity index (χ0v) is 10.5. The minimum atomic E-state index is 0.122. The van der Waals surface area contributed by atoms with Gasteiger partial charge in [0.05, 0.1) is 17.8 Å². The molecule has 0 bridgehead atoms. The summed E-state index contributed by atoms with van der Waals surface area (Å²) in [6, 6.07) is 3.83. The Balaban J connectivity index is 2.53. The number of nitrogens with zero attached hydrogens (tertiary/aromatic N) is 3. The lowest BCUT2D eigenvalue weighted by Crippen LogP contribution is -2.21. The highest BCUT2D eigenvalue weighted by Gasteiger charge is 2.07. The van der Waals surface area contributed by atoms with Crippen molar-refractivity contribution in [2.45, 2.75) is 0 Å². The molecule has 0 saturated heterocycles. The van der Waals surface area contributed by atoms with Gasteiger partial charge in [-0.2, -0.15) is 0 Å². The molecule has 16 heavy (non-hydrogen) atoms. The molecule has 0 spiro atoms. The van der Waals surface area contributed by atoms with E-state index in [1.54, 1.807) is 12.4 Å². The van der Waals surface area contributed by atoms with Gasteiger partial charge in [-0.25, -0.2) is 0 Å². The minimum absolute atomic E-state index is 0.122. The molecule has 2 aromatic heterocycles. The summed E-state index contributed by atoms with van der Waals surface area (Å²) in [6.07, 6.45) is 3.50. The van der Waals surface area contributed by atoms with Crippen LogP contribution in [-0.4, -0.2) is 35.3 Å². The number of aliphatic hydroxyl groups is 1. The maximum Gasteiger partial charge on any atom is 0.112 e. The Hall–Kier alpha value is -1.20. The van der Waals surface area contributed by atoms with Crippen LogP contribution in [0.15, 0.2) is 29.0 Å². The fourth-order valence-electron chi connectivity index (χ4n) is 1.57. The first kappa shape index (κ1) is 11.3. The van der Waals surface area contributed by atoms with Crippen LogP contribution < -0.4 is 4.90 Å². The summed E-state index contributed by atoms with van der Waals surface area (Å²) >= 11 is 3.37. The number of rotatable bonds is 3. The number of hydrogen-bond donors (Lipinski definition) is 1. The lowest BCUT2D eigenvalue weighted by molar-refractivity contribution is 0.304. The Morgan fingerprint density at radius 3 is 3.00 bits per heavy atom. The largest absolute Gasteiger partial charge is 0.395 e. The third kappa shape index (κ3) is 2.15. The van der Waals surface area contributed by atoms with Gasteiger partial charge in [-0.05, 0) is 28.1 Å². The molecule has 0 aromatic carbocycles. The van der Waals surface area contributed by atoms with Gasteiger partial charge in [0.2, 0.25) is 0 Å². The molecule has 5 heteroatoms. The van der Waals surface area contributed by atoms with Crippen molar-refractivity contribution in [3.8, 4) is 0 Å². The van der Waals surface area contributed by atoms with Gasteiger partial charge in [-0.15, -0.1) is 0 Å². The first-order valence-electron chi connectivity index (χ1n) is 4.94. The van der Waals surface area contributed by atoms with Crippen LogP contribution in [0.5, 0.6) is 0 Å². The molecule has 0 aliphatic rings. The van der Waals surface area contributed by atoms with Crippen LogP contribution in [0.4, 0.5) is 5.69 Å². The smallest absolute Gasteiger partial charge is 0.112 e. The van der Waals surface area contributed by atoms with Gasteiger partial charge >= 0.3 is 0 Å². The second-order valence-electron chi connectivity index (χ2n) is 3.50. The Morgan fingerprint density at radius 2 is 2.25 bits per heavy atom. The summed E-state index contributed by atoms with van der Waals surface area (Å²) in [5.74, 6) is 0. The number of fused-ring (bicyclic) bond motifs is 1. The van der Waals surface area contributed by atoms with Crippen LogP contribution >= 0.6 is 15.9 Å². The molecule has 1 N–H and O–H groups in total. The lowest BCUT2D eigenvalue weighted by Gasteiger charge is -2.18. The average molecular weight is 282 g/mol. The van der Waals surface area contributed by atoms with Gasteiger partial charge in [0.15, 0.2) is 0 Å². The van der Waals surface area contributed by atoms with Crippen molar-refractivity contribution in [1.82, 2.24) is 9.97 Å². The molecular weight excluding hydrogens is 270 g/mol. The number of anilines is 1. The predicted molar refractivity (Wildman–Crippen MR) is 67.6 cm³/mol. The summed E-state index contributed by atoms with van der Waals surface area (Å²) < 4.78 is 0.912. The van der Waals surface area contributed by atoms with E-state index in [1.165, 1.54) is 0 Å². The van der Waals surface area contributed by atoms with Gasteiger partial charge in [0.25, 0.3) is 0 Å². The van der Waals surface area contributed by atoms with E-state index in [1.807, 2.05) is 24.1 Å². The number of likely N-dealkylation sites (N-methyl/N-ethyl adjacent to an activating group) is 1. The second kappa shape index (κ2) is 4.76. The Morgan fingerprint density at radius 1 is 1.44 bits per heavy atom. The van der Waals surface area contributed by atoms with E-state index in [9.17, 15) is 0 Å². The van der Waals surface area contributed by atoms with E-state index in [2.05, 4.69) is 25.9 Å². The van der Waals surface area contributed by atoms with Crippen molar-refractivity contribution in [2.75, 3.05) is 25.1 Å². The van der Waals surface area contributed by atoms with E-state index in [4.69, 9.17) is 5.11 Å². The molecule has 0 aliphatic carbocycles. The van der Waals surface area contributed by atoms with Crippen molar-refractivity contribution >= 4 is 32.7 Å². The molecule has 0 radical (unpaired) electrons. The quantitative estimate of drug-likeness (QED) is 0.933. The van der Waals surface area contributed by atoms with Crippen molar-refractivity contribution in [3.05, 3.63) is 29.0 Å². The van der Waals surface area contributed by atoms with Crippen LogP contribution in [-0.2, 0) is 0 Å². The van der Waals surface area contributed by atoms with Gasteiger partial charge < -0.3 is 10.0 Å². The normalized spacial score (nSPS) is 10.7. The van der Waals surface area contributed by atoms with E-state index >= 15 is 0 Å². The Labute approximate surface area is 102 Å². The van der Waals surface area contributed by atoms with Crippen LogP contribution in [0.3, 0.4) is 0 Å². The number of aromatic nitrogens is 2. The number of halogens is 1. The maximum atomic E-state index is 8.93. The Kier molecular flexibility index (Phi) is 3.36.